The lowest BCUT2D eigenvalue weighted by molar-refractivity contribution is -0.118. The Labute approximate surface area is 169 Å². The molecule has 0 aliphatic rings. The van der Waals surface area contributed by atoms with Gasteiger partial charge in [0.2, 0.25) is 0 Å². The van der Waals surface area contributed by atoms with Crippen LogP contribution in [0.5, 0.6) is 5.75 Å². The Morgan fingerprint density at radius 2 is 1.73 bits per heavy atom. The summed E-state index contributed by atoms with van der Waals surface area (Å²) in [5, 5.41) is 3.88. The number of nitrogens with zero attached hydrogens (tertiary/aromatic N) is 2. The van der Waals surface area contributed by atoms with Crippen LogP contribution in [0.4, 0.5) is 5.69 Å². The lowest BCUT2D eigenvalue weighted by Crippen LogP contribution is -2.21. The molecule has 0 spiro atoms. The molecule has 0 bridgehead atoms. The molecule has 0 saturated heterocycles. The summed E-state index contributed by atoms with van der Waals surface area (Å²) < 4.78 is 14.0. The highest BCUT2D eigenvalue weighted by molar-refractivity contribution is 7.00. The first-order valence-electron chi connectivity index (χ1n) is 7.59. The van der Waals surface area contributed by atoms with E-state index in [1.807, 2.05) is 19.1 Å². The number of amides is 1. The maximum atomic E-state index is 12.4. The zero-order chi connectivity index (χ0) is 19.0. The summed E-state index contributed by atoms with van der Waals surface area (Å²) >= 11 is 19.8. The normalized spacial score (nSPS) is 11.0. The fourth-order valence-corrected chi connectivity index (χ4v) is 3.82. The standard InChI is InChI=1S/C17H14Cl3N3O2S/c1-7-4-5-10-16(23-26-22-10)15(7)21-11(24)6-25-17-13(19)8(2)12(18)9(3)14(17)20/h4-5H,6H2,1-3H3,(H,21,24). The number of nitrogens with one attached hydrogen (secondary N) is 1. The number of hydrogen-bond acceptors (Lipinski definition) is 5. The molecular formula is C17H14Cl3N3O2S. The Balaban J connectivity index is 1.80. The first-order chi connectivity index (χ1) is 12.3. The number of benzene rings is 2. The van der Waals surface area contributed by atoms with Crippen LogP contribution in [0, 0.1) is 20.8 Å². The maximum Gasteiger partial charge on any atom is 0.262 e. The highest BCUT2D eigenvalue weighted by Crippen LogP contribution is 2.42. The van der Waals surface area contributed by atoms with Gasteiger partial charge in [0.15, 0.2) is 12.4 Å². The molecule has 1 N–H and O–H groups in total. The van der Waals surface area contributed by atoms with Gasteiger partial charge in [-0.1, -0.05) is 40.9 Å². The van der Waals surface area contributed by atoms with Crippen LogP contribution >= 0.6 is 46.5 Å². The third-order valence-electron chi connectivity index (χ3n) is 3.96. The van der Waals surface area contributed by atoms with Crippen LogP contribution < -0.4 is 10.1 Å². The molecule has 3 rings (SSSR count). The molecule has 1 heterocycles. The Morgan fingerprint density at radius 1 is 1.08 bits per heavy atom. The second-order valence-corrected chi connectivity index (χ2v) is 7.41. The third kappa shape index (κ3) is 3.47. The molecule has 0 atom stereocenters. The minimum Gasteiger partial charge on any atom is -0.481 e. The smallest absolute Gasteiger partial charge is 0.262 e. The molecule has 0 unspecified atom stereocenters. The van der Waals surface area contributed by atoms with Crippen molar-refractivity contribution in [1.29, 1.82) is 0 Å². The van der Waals surface area contributed by atoms with Crippen molar-refractivity contribution in [2.45, 2.75) is 20.8 Å². The second-order valence-electron chi connectivity index (χ2n) is 5.75. The highest BCUT2D eigenvalue weighted by Gasteiger charge is 2.19. The molecule has 0 saturated carbocycles. The number of halogens is 3. The molecule has 0 fully saturated rings. The van der Waals surface area contributed by atoms with Crippen LogP contribution in [0.3, 0.4) is 0 Å². The van der Waals surface area contributed by atoms with Crippen molar-refractivity contribution in [3.05, 3.63) is 43.9 Å². The van der Waals surface area contributed by atoms with Crippen LogP contribution in [0.2, 0.25) is 15.1 Å². The van der Waals surface area contributed by atoms with E-state index in [4.69, 9.17) is 39.5 Å². The van der Waals surface area contributed by atoms with Crippen LogP contribution in [0.15, 0.2) is 12.1 Å². The lowest BCUT2D eigenvalue weighted by Gasteiger charge is -2.15. The fourth-order valence-electron chi connectivity index (χ4n) is 2.46. The van der Waals surface area contributed by atoms with Gasteiger partial charge in [0.05, 0.1) is 27.5 Å². The van der Waals surface area contributed by atoms with Crippen molar-refractivity contribution < 1.29 is 9.53 Å². The van der Waals surface area contributed by atoms with Gasteiger partial charge in [-0.05, 0) is 43.5 Å². The van der Waals surface area contributed by atoms with Gasteiger partial charge in [0.1, 0.15) is 11.0 Å². The Bertz CT molecular complexity index is 991. The summed E-state index contributed by atoms with van der Waals surface area (Å²) in [6.45, 7) is 5.16. The summed E-state index contributed by atoms with van der Waals surface area (Å²) in [6, 6.07) is 3.74. The molecular weight excluding hydrogens is 417 g/mol. The fraction of sp³-hybridized carbons (Fsp3) is 0.235. The van der Waals surface area contributed by atoms with Crippen molar-refractivity contribution in [1.82, 2.24) is 8.75 Å². The van der Waals surface area contributed by atoms with E-state index in [9.17, 15) is 4.79 Å². The van der Waals surface area contributed by atoms with E-state index in [-0.39, 0.29) is 18.3 Å². The van der Waals surface area contributed by atoms with Gasteiger partial charge in [0.25, 0.3) is 5.91 Å². The second kappa shape index (κ2) is 7.56. The van der Waals surface area contributed by atoms with Crippen LogP contribution in [0.25, 0.3) is 11.0 Å². The van der Waals surface area contributed by atoms with E-state index in [1.54, 1.807) is 13.8 Å². The SMILES string of the molecule is Cc1ccc2nsnc2c1NC(=O)COc1c(Cl)c(C)c(Cl)c(C)c1Cl. The van der Waals surface area contributed by atoms with Crippen molar-refractivity contribution in [3.63, 3.8) is 0 Å². The van der Waals surface area contributed by atoms with Crippen molar-refractivity contribution in [3.8, 4) is 5.75 Å². The van der Waals surface area contributed by atoms with Crippen molar-refractivity contribution in [2.24, 2.45) is 0 Å². The summed E-state index contributed by atoms with van der Waals surface area (Å²) in [7, 11) is 0. The zero-order valence-corrected chi connectivity index (χ0v) is 17.2. The van der Waals surface area contributed by atoms with Crippen molar-refractivity contribution >= 4 is 69.2 Å². The molecule has 0 radical (unpaired) electrons. The minimum atomic E-state index is -0.356. The molecule has 2 aromatic carbocycles. The van der Waals surface area contributed by atoms with E-state index >= 15 is 0 Å². The number of carbonyl (C=O) groups is 1. The maximum absolute atomic E-state index is 12.4. The van der Waals surface area contributed by atoms with Gasteiger partial charge in [-0.3, -0.25) is 4.79 Å². The van der Waals surface area contributed by atoms with Gasteiger partial charge in [-0.2, -0.15) is 8.75 Å². The average molecular weight is 431 g/mol. The average Bonchev–Trinajstić information content (AvgIpc) is 3.09. The largest absolute Gasteiger partial charge is 0.481 e. The van der Waals surface area contributed by atoms with Gasteiger partial charge in [0, 0.05) is 5.02 Å². The molecule has 136 valence electrons. The van der Waals surface area contributed by atoms with Crippen LogP contribution in [-0.2, 0) is 4.79 Å². The number of aromatic nitrogens is 2. The van der Waals surface area contributed by atoms with E-state index in [2.05, 4.69) is 14.1 Å². The molecule has 0 aliphatic heterocycles. The summed E-state index contributed by atoms with van der Waals surface area (Å²) in [5.41, 5.74) is 4.18. The van der Waals surface area contributed by atoms with Crippen LogP contribution in [-0.4, -0.2) is 21.3 Å². The topological polar surface area (TPSA) is 64.1 Å². The first-order valence-corrected chi connectivity index (χ1v) is 9.45. The number of fused-ring (bicyclic) bond motifs is 1. The predicted molar refractivity (Wildman–Crippen MR) is 107 cm³/mol. The molecule has 3 aromatic rings. The summed E-state index contributed by atoms with van der Waals surface area (Å²) in [5.74, 6) is -0.112. The first kappa shape index (κ1) is 19.2. The van der Waals surface area contributed by atoms with Gasteiger partial charge in [-0.25, -0.2) is 0 Å². The predicted octanol–water partition coefficient (Wildman–Crippen LogP) is 5.59. The van der Waals surface area contributed by atoms with Crippen molar-refractivity contribution in [2.75, 3.05) is 11.9 Å². The molecule has 9 heteroatoms. The highest BCUT2D eigenvalue weighted by atomic mass is 35.5. The minimum absolute atomic E-state index is 0.244. The molecule has 5 nitrogen and oxygen atoms in total. The monoisotopic (exact) mass is 429 g/mol. The zero-order valence-electron chi connectivity index (χ0n) is 14.1. The van der Waals surface area contributed by atoms with E-state index in [0.717, 1.165) is 22.8 Å². The number of anilines is 1. The number of carbonyl (C=O) groups excluding carboxylic acids is 1. The molecule has 1 aromatic heterocycles. The van der Waals surface area contributed by atoms with E-state index in [1.165, 1.54) is 0 Å². The number of rotatable bonds is 4. The van der Waals surface area contributed by atoms with Gasteiger partial charge < -0.3 is 10.1 Å². The lowest BCUT2D eigenvalue weighted by atomic mass is 10.1. The number of aryl methyl sites for hydroxylation is 1. The number of hydrogen-bond donors (Lipinski definition) is 1. The summed E-state index contributed by atoms with van der Waals surface area (Å²) in [4.78, 5) is 12.4. The Hall–Kier alpha value is -1.60. The van der Waals surface area contributed by atoms with E-state index < -0.39 is 0 Å². The number of ether oxygens (including phenoxy) is 1. The van der Waals surface area contributed by atoms with E-state index in [0.29, 0.717) is 37.4 Å². The molecule has 0 aliphatic carbocycles. The van der Waals surface area contributed by atoms with Gasteiger partial charge >= 0.3 is 0 Å². The molecule has 26 heavy (non-hydrogen) atoms. The Kier molecular flexibility index (Phi) is 5.58. The summed E-state index contributed by atoms with van der Waals surface area (Å²) in [6.07, 6.45) is 0. The van der Waals surface area contributed by atoms with Crippen LogP contribution in [0.1, 0.15) is 16.7 Å². The quantitative estimate of drug-likeness (QED) is 0.585. The Morgan fingerprint density at radius 3 is 2.38 bits per heavy atom. The van der Waals surface area contributed by atoms with Gasteiger partial charge in [-0.15, -0.1) is 0 Å². The molecule has 1 amide bonds. The third-order valence-corrected chi connectivity index (χ3v) is 5.98.